The van der Waals surface area contributed by atoms with Crippen LogP contribution in [0.2, 0.25) is 0 Å². The van der Waals surface area contributed by atoms with Crippen molar-refractivity contribution >= 4 is 11.7 Å². The summed E-state index contributed by atoms with van der Waals surface area (Å²) in [6.07, 6.45) is 5.56. The molecule has 168 valence electrons. The average molecular weight is 444 g/mol. The Bertz CT molecular complexity index is 1280. The van der Waals surface area contributed by atoms with Gasteiger partial charge < -0.3 is 14.8 Å². The Morgan fingerprint density at radius 2 is 1.97 bits per heavy atom. The predicted octanol–water partition coefficient (Wildman–Crippen LogP) is 4.16. The van der Waals surface area contributed by atoms with Crippen molar-refractivity contribution in [3.05, 3.63) is 59.6 Å². The fourth-order valence-electron chi connectivity index (χ4n) is 4.88. The number of aromatic nitrogens is 4. The van der Waals surface area contributed by atoms with Crippen LogP contribution in [0.1, 0.15) is 44.7 Å². The molecule has 8 heteroatoms. The van der Waals surface area contributed by atoms with Gasteiger partial charge in [-0.1, -0.05) is 19.9 Å². The number of fused-ring (bicyclic) bond motifs is 2. The lowest BCUT2D eigenvalue weighted by atomic mass is 9.73. The minimum Gasteiger partial charge on any atom is -0.490 e. The zero-order chi connectivity index (χ0) is 22.6. The quantitative estimate of drug-likeness (QED) is 0.636. The highest BCUT2D eigenvalue weighted by atomic mass is 16.5. The van der Waals surface area contributed by atoms with Gasteiger partial charge in [0.15, 0.2) is 23.1 Å². The molecule has 0 saturated carbocycles. The molecule has 3 aliphatic rings. The van der Waals surface area contributed by atoms with Crippen molar-refractivity contribution < 1.29 is 14.3 Å². The highest BCUT2D eigenvalue weighted by Gasteiger charge is 2.42. The van der Waals surface area contributed by atoms with Crippen LogP contribution in [-0.4, -0.2) is 38.7 Å². The van der Waals surface area contributed by atoms with Crippen LogP contribution >= 0.6 is 0 Å². The maximum atomic E-state index is 13.4. The topological polar surface area (TPSA) is 91.2 Å². The molecule has 1 aliphatic carbocycles. The Kier molecular flexibility index (Phi) is 4.50. The van der Waals surface area contributed by atoms with Gasteiger partial charge in [0.1, 0.15) is 6.04 Å². The number of pyridine rings is 1. The predicted molar refractivity (Wildman–Crippen MR) is 122 cm³/mol. The molecule has 8 nitrogen and oxygen atoms in total. The number of hydrogen-bond acceptors (Lipinski definition) is 7. The molecule has 0 bridgehead atoms. The first-order valence-electron chi connectivity index (χ1n) is 11.3. The second-order valence-electron chi connectivity index (χ2n) is 9.56. The van der Waals surface area contributed by atoms with E-state index in [0.29, 0.717) is 37.2 Å². The maximum Gasteiger partial charge on any atom is 0.226 e. The number of Topliss-reactive ketones (excluding diaryl/α,β-unsaturated/α-hetero) is 1. The van der Waals surface area contributed by atoms with Crippen molar-refractivity contribution in [2.45, 2.75) is 39.2 Å². The van der Waals surface area contributed by atoms with Crippen LogP contribution < -0.4 is 14.8 Å². The molecule has 4 heterocycles. The van der Waals surface area contributed by atoms with E-state index in [0.717, 1.165) is 41.0 Å². The Balaban J connectivity index is 1.51. The maximum absolute atomic E-state index is 13.4. The van der Waals surface area contributed by atoms with Gasteiger partial charge in [-0.05, 0) is 41.7 Å². The first kappa shape index (κ1) is 20.0. The van der Waals surface area contributed by atoms with Gasteiger partial charge in [-0.2, -0.15) is 4.98 Å². The van der Waals surface area contributed by atoms with Gasteiger partial charge in [0.05, 0.1) is 13.2 Å². The molecule has 3 aromatic rings. The summed E-state index contributed by atoms with van der Waals surface area (Å²) in [4.78, 5) is 22.4. The molecule has 0 radical (unpaired) electrons. The van der Waals surface area contributed by atoms with Crippen molar-refractivity contribution in [1.82, 2.24) is 19.7 Å². The van der Waals surface area contributed by atoms with Crippen molar-refractivity contribution in [2.75, 3.05) is 18.5 Å². The molecule has 2 aliphatic heterocycles. The molecule has 1 unspecified atom stereocenters. The van der Waals surface area contributed by atoms with E-state index in [1.165, 1.54) is 0 Å². The summed E-state index contributed by atoms with van der Waals surface area (Å²) in [5, 5.41) is 8.23. The molecule has 1 N–H and O–H groups in total. The Morgan fingerprint density at radius 1 is 1.12 bits per heavy atom. The van der Waals surface area contributed by atoms with E-state index in [9.17, 15) is 4.79 Å². The Morgan fingerprint density at radius 3 is 2.79 bits per heavy atom. The number of allylic oxidation sites excluding steroid dienone is 2. The van der Waals surface area contributed by atoms with Gasteiger partial charge in [-0.3, -0.25) is 9.78 Å². The third-order valence-electron chi connectivity index (χ3n) is 6.34. The lowest BCUT2D eigenvalue weighted by Crippen LogP contribution is -2.36. The number of ketones is 1. The average Bonchev–Trinajstić information content (AvgIpc) is 3.07. The number of anilines is 1. The third kappa shape index (κ3) is 3.46. The fourth-order valence-corrected chi connectivity index (χ4v) is 4.88. The zero-order valence-electron chi connectivity index (χ0n) is 18.7. The van der Waals surface area contributed by atoms with Crippen molar-refractivity contribution in [3.63, 3.8) is 0 Å². The largest absolute Gasteiger partial charge is 0.490 e. The minimum absolute atomic E-state index is 0.118. The first-order chi connectivity index (χ1) is 16.0. The normalized spacial score (nSPS) is 21.0. The van der Waals surface area contributed by atoms with Gasteiger partial charge in [0.25, 0.3) is 0 Å². The van der Waals surface area contributed by atoms with E-state index in [1.807, 2.05) is 35.0 Å². The number of nitrogens with zero attached hydrogens (tertiary/aromatic N) is 4. The summed E-state index contributed by atoms with van der Waals surface area (Å²) in [6.45, 7) is 5.48. The van der Waals surface area contributed by atoms with Gasteiger partial charge in [0.2, 0.25) is 5.95 Å². The van der Waals surface area contributed by atoms with Gasteiger partial charge in [-0.15, -0.1) is 5.10 Å². The van der Waals surface area contributed by atoms with Crippen LogP contribution in [0.5, 0.6) is 11.5 Å². The van der Waals surface area contributed by atoms with Crippen LogP contribution in [0.15, 0.2) is 54.0 Å². The number of carbonyl (C=O) groups is 1. The van der Waals surface area contributed by atoms with E-state index in [4.69, 9.17) is 19.6 Å². The highest BCUT2D eigenvalue weighted by molar-refractivity contribution is 6.00. The molecule has 0 amide bonds. The van der Waals surface area contributed by atoms with Crippen LogP contribution in [-0.2, 0) is 4.79 Å². The molecular formula is C25H25N5O3. The molecule has 1 aromatic carbocycles. The van der Waals surface area contributed by atoms with E-state index < -0.39 is 6.04 Å². The van der Waals surface area contributed by atoms with Crippen molar-refractivity contribution in [2.24, 2.45) is 5.41 Å². The Hall–Kier alpha value is -3.68. The van der Waals surface area contributed by atoms with Crippen LogP contribution in [0.25, 0.3) is 11.4 Å². The molecular weight excluding hydrogens is 418 g/mol. The lowest BCUT2D eigenvalue weighted by molar-refractivity contribution is -0.118. The van der Waals surface area contributed by atoms with E-state index in [2.05, 4.69) is 24.1 Å². The number of ether oxygens (including phenoxy) is 2. The highest BCUT2D eigenvalue weighted by Crippen LogP contribution is 2.46. The SMILES string of the molecule is CC1(C)CC(=O)C2=C(C1)Nc1nc(-c3cccnc3)nn1C2c1ccc2c(c1)OCCCO2. The standard InChI is InChI=1S/C25H25N5O3/c1-25(2)12-17-21(18(31)13-25)22(15-6-7-19-20(11-15)33-10-4-9-32-19)30-24(27-17)28-23(29-30)16-5-3-8-26-14-16/h3,5-8,11,14,22H,4,9-10,12-13H2,1-2H3,(H,27,28,29). The molecule has 33 heavy (non-hydrogen) atoms. The number of benzene rings is 1. The van der Waals surface area contributed by atoms with Crippen LogP contribution in [0, 0.1) is 5.41 Å². The van der Waals surface area contributed by atoms with Gasteiger partial charge in [0, 0.05) is 42.1 Å². The molecule has 1 atom stereocenters. The minimum atomic E-state index is -0.394. The van der Waals surface area contributed by atoms with Crippen molar-refractivity contribution in [1.29, 1.82) is 0 Å². The van der Waals surface area contributed by atoms with Crippen LogP contribution in [0.3, 0.4) is 0 Å². The number of rotatable bonds is 2. The second-order valence-corrected chi connectivity index (χ2v) is 9.56. The molecule has 0 spiro atoms. The summed E-state index contributed by atoms with van der Waals surface area (Å²) in [5.74, 6) is 2.75. The van der Waals surface area contributed by atoms with Gasteiger partial charge in [-0.25, -0.2) is 4.68 Å². The van der Waals surface area contributed by atoms with Crippen molar-refractivity contribution in [3.8, 4) is 22.9 Å². The van der Waals surface area contributed by atoms with E-state index >= 15 is 0 Å². The van der Waals surface area contributed by atoms with Crippen LogP contribution in [0.4, 0.5) is 5.95 Å². The molecule has 6 rings (SSSR count). The summed E-state index contributed by atoms with van der Waals surface area (Å²) >= 11 is 0. The van der Waals surface area contributed by atoms with E-state index in [-0.39, 0.29) is 11.2 Å². The third-order valence-corrected chi connectivity index (χ3v) is 6.34. The summed E-state index contributed by atoms with van der Waals surface area (Å²) in [5.41, 5.74) is 3.30. The fraction of sp³-hybridized carbons (Fsp3) is 0.360. The first-order valence-corrected chi connectivity index (χ1v) is 11.3. The lowest BCUT2D eigenvalue weighted by Gasteiger charge is -2.38. The monoisotopic (exact) mass is 443 g/mol. The smallest absolute Gasteiger partial charge is 0.226 e. The number of carbonyl (C=O) groups excluding carboxylic acids is 1. The van der Waals surface area contributed by atoms with Gasteiger partial charge >= 0.3 is 0 Å². The molecule has 0 fully saturated rings. The number of nitrogens with one attached hydrogen (secondary N) is 1. The van der Waals surface area contributed by atoms with E-state index in [1.54, 1.807) is 12.4 Å². The second kappa shape index (κ2) is 7.43. The Labute approximate surface area is 191 Å². The zero-order valence-corrected chi connectivity index (χ0v) is 18.7. The number of hydrogen-bond donors (Lipinski definition) is 1. The summed E-state index contributed by atoms with van der Waals surface area (Å²) < 4.78 is 13.6. The summed E-state index contributed by atoms with van der Waals surface area (Å²) in [7, 11) is 0. The molecule has 0 saturated heterocycles. The molecule has 2 aromatic heterocycles. The summed E-state index contributed by atoms with van der Waals surface area (Å²) in [6, 6.07) is 9.29.